The molecule has 4 heteroatoms. The van der Waals surface area contributed by atoms with E-state index in [4.69, 9.17) is 10.6 Å². The van der Waals surface area contributed by atoms with Crippen molar-refractivity contribution >= 4 is 5.82 Å². The minimum Gasteiger partial charge on any atom is -0.487 e. The molecule has 0 aliphatic heterocycles. The van der Waals surface area contributed by atoms with E-state index < -0.39 is 0 Å². The topological polar surface area (TPSA) is 60.2 Å². The number of rotatable bonds is 6. The average molecular weight is 285 g/mol. The molecule has 112 valence electrons. The van der Waals surface area contributed by atoms with E-state index in [9.17, 15) is 0 Å². The van der Waals surface area contributed by atoms with Crippen molar-refractivity contribution in [2.24, 2.45) is 5.84 Å². The van der Waals surface area contributed by atoms with Crippen molar-refractivity contribution in [3.05, 3.63) is 53.7 Å². The fourth-order valence-electron chi connectivity index (χ4n) is 2.00. The zero-order valence-corrected chi connectivity index (χ0v) is 12.9. The van der Waals surface area contributed by atoms with Crippen LogP contribution in [0.5, 0.6) is 5.75 Å². The largest absolute Gasteiger partial charge is 0.487 e. The number of pyridine rings is 1. The molecular formula is C17H23N3O. The van der Waals surface area contributed by atoms with E-state index in [1.54, 1.807) is 0 Å². The molecule has 0 atom stereocenters. The predicted molar refractivity (Wildman–Crippen MR) is 86.1 cm³/mol. The lowest BCUT2D eigenvalue weighted by Crippen LogP contribution is -2.15. The number of nitrogen functional groups attached to an aromatic ring is 1. The molecule has 4 nitrogen and oxygen atoms in total. The van der Waals surface area contributed by atoms with Gasteiger partial charge in [-0.1, -0.05) is 39.0 Å². The molecule has 0 saturated carbocycles. The molecule has 0 radical (unpaired) electrons. The van der Waals surface area contributed by atoms with Crippen LogP contribution in [-0.4, -0.2) is 4.98 Å². The Labute approximate surface area is 126 Å². The summed E-state index contributed by atoms with van der Waals surface area (Å²) in [7, 11) is 0. The average Bonchev–Trinajstić information content (AvgIpc) is 2.53. The van der Waals surface area contributed by atoms with Crippen molar-refractivity contribution in [2.75, 3.05) is 5.43 Å². The fourth-order valence-corrected chi connectivity index (χ4v) is 2.00. The van der Waals surface area contributed by atoms with Crippen molar-refractivity contribution < 1.29 is 4.74 Å². The number of hydrogen-bond donors (Lipinski definition) is 2. The van der Waals surface area contributed by atoms with Crippen molar-refractivity contribution in [1.29, 1.82) is 0 Å². The van der Waals surface area contributed by atoms with Crippen molar-refractivity contribution in [2.45, 2.75) is 39.2 Å². The zero-order valence-electron chi connectivity index (χ0n) is 12.9. The van der Waals surface area contributed by atoms with Gasteiger partial charge in [-0.15, -0.1) is 0 Å². The van der Waals surface area contributed by atoms with Gasteiger partial charge in [0.15, 0.2) is 0 Å². The second kappa shape index (κ2) is 6.59. The first kappa shape index (κ1) is 15.3. The highest BCUT2D eigenvalue weighted by Gasteiger charge is 2.17. The number of hydrogen-bond acceptors (Lipinski definition) is 4. The highest BCUT2D eigenvalue weighted by molar-refractivity contribution is 5.34. The SMILES string of the molecule is CCC(C)(C)c1ccc(OCc2cccc(NN)n2)cc1. The van der Waals surface area contributed by atoms with Crippen LogP contribution in [0.15, 0.2) is 42.5 Å². The van der Waals surface area contributed by atoms with Crippen LogP contribution in [0, 0.1) is 0 Å². The van der Waals surface area contributed by atoms with E-state index in [0.717, 1.165) is 17.9 Å². The fraction of sp³-hybridized carbons (Fsp3) is 0.353. The molecule has 1 aromatic carbocycles. The Balaban J connectivity index is 2.00. The number of anilines is 1. The molecule has 3 N–H and O–H groups in total. The van der Waals surface area contributed by atoms with E-state index in [2.05, 4.69) is 43.3 Å². The predicted octanol–water partition coefficient (Wildman–Crippen LogP) is 3.63. The van der Waals surface area contributed by atoms with Crippen LogP contribution >= 0.6 is 0 Å². The molecule has 0 saturated heterocycles. The molecule has 0 aliphatic rings. The minimum absolute atomic E-state index is 0.196. The van der Waals surface area contributed by atoms with Crippen LogP contribution < -0.4 is 16.0 Å². The Kier molecular flexibility index (Phi) is 4.81. The molecule has 1 heterocycles. The first-order valence-corrected chi connectivity index (χ1v) is 7.21. The highest BCUT2D eigenvalue weighted by atomic mass is 16.5. The molecule has 2 aromatic rings. The third kappa shape index (κ3) is 3.95. The Bertz CT molecular complexity index is 579. The first-order chi connectivity index (χ1) is 10.0. The van der Waals surface area contributed by atoms with Gasteiger partial charge in [0.05, 0.1) is 5.69 Å². The highest BCUT2D eigenvalue weighted by Crippen LogP contribution is 2.28. The molecule has 0 unspecified atom stereocenters. The number of nitrogens with one attached hydrogen (secondary N) is 1. The lowest BCUT2D eigenvalue weighted by Gasteiger charge is -2.23. The number of nitrogens with zero attached hydrogens (tertiary/aromatic N) is 1. The van der Waals surface area contributed by atoms with Gasteiger partial charge in [-0.2, -0.15) is 0 Å². The number of ether oxygens (including phenoxy) is 1. The van der Waals surface area contributed by atoms with Gasteiger partial charge in [0.1, 0.15) is 18.2 Å². The van der Waals surface area contributed by atoms with E-state index in [-0.39, 0.29) is 5.41 Å². The van der Waals surface area contributed by atoms with Gasteiger partial charge in [-0.3, -0.25) is 0 Å². The van der Waals surface area contributed by atoms with Gasteiger partial charge in [0, 0.05) is 0 Å². The third-order valence-electron chi connectivity index (χ3n) is 3.86. The van der Waals surface area contributed by atoms with Crippen LogP contribution in [0.25, 0.3) is 0 Å². The molecule has 2 rings (SSSR count). The summed E-state index contributed by atoms with van der Waals surface area (Å²) in [6.45, 7) is 7.12. The van der Waals surface area contributed by atoms with Crippen LogP contribution in [-0.2, 0) is 12.0 Å². The zero-order chi connectivity index (χ0) is 15.3. The third-order valence-corrected chi connectivity index (χ3v) is 3.86. The van der Waals surface area contributed by atoms with Gasteiger partial charge < -0.3 is 10.2 Å². The van der Waals surface area contributed by atoms with Crippen LogP contribution in [0.2, 0.25) is 0 Å². The summed E-state index contributed by atoms with van der Waals surface area (Å²) < 4.78 is 5.76. The Hall–Kier alpha value is -2.07. The summed E-state index contributed by atoms with van der Waals surface area (Å²) in [4.78, 5) is 4.32. The normalized spacial score (nSPS) is 11.2. The van der Waals surface area contributed by atoms with E-state index in [1.807, 2.05) is 30.3 Å². The van der Waals surface area contributed by atoms with Crippen LogP contribution in [0.1, 0.15) is 38.4 Å². The summed E-state index contributed by atoms with van der Waals surface area (Å²) in [6.07, 6.45) is 1.11. The number of nitrogens with two attached hydrogens (primary N) is 1. The molecule has 0 spiro atoms. The Morgan fingerprint density at radius 3 is 2.48 bits per heavy atom. The van der Waals surface area contributed by atoms with Gasteiger partial charge in [0.25, 0.3) is 0 Å². The summed E-state index contributed by atoms with van der Waals surface area (Å²) in [5, 5.41) is 0. The lowest BCUT2D eigenvalue weighted by atomic mass is 9.82. The monoisotopic (exact) mass is 285 g/mol. The maximum Gasteiger partial charge on any atom is 0.140 e. The molecule has 0 aliphatic carbocycles. The molecule has 1 aromatic heterocycles. The number of aromatic nitrogens is 1. The maximum atomic E-state index is 5.76. The summed E-state index contributed by atoms with van der Waals surface area (Å²) in [5.74, 6) is 6.82. The van der Waals surface area contributed by atoms with E-state index in [0.29, 0.717) is 12.4 Å². The van der Waals surface area contributed by atoms with Gasteiger partial charge in [-0.05, 0) is 41.7 Å². The second-order valence-electron chi connectivity index (χ2n) is 5.71. The van der Waals surface area contributed by atoms with Crippen molar-refractivity contribution in [3.8, 4) is 5.75 Å². The maximum absolute atomic E-state index is 5.76. The molecule has 0 bridgehead atoms. The van der Waals surface area contributed by atoms with E-state index >= 15 is 0 Å². The second-order valence-corrected chi connectivity index (χ2v) is 5.71. The summed E-state index contributed by atoms with van der Waals surface area (Å²) in [5.41, 5.74) is 4.89. The van der Waals surface area contributed by atoms with Gasteiger partial charge in [0.2, 0.25) is 0 Å². The number of benzene rings is 1. The summed E-state index contributed by atoms with van der Waals surface area (Å²) >= 11 is 0. The minimum atomic E-state index is 0.196. The molecule has 0 fully saturated rings. The van der Waals surface area contributed by atoms with Crippen LogP contribution in [0.3, 0.4) is 0 Å². The summed E-state index contributed by atoms with van der Waals surface area (Å²) in [6, 6.07) is 13.9. The van der Waals surface area contributed by atoms with Gasteiger partial charge >= 0.3 is 0 Å². The first-order valence-electron chi connectivity index (χ1n) is 7.21. The molecule has 21 heavy (non-hydrogen) atoms. The van der Waals surface area contributed by atoms with Crippen LogP contribution in [0.4, 0.5) is 5.82 Å². The van der Waals surface area contributed by atoms with Gasteiger partial charge in [-0.25, -0.2) is 10.8 Å². The van der Waals surface area contributed by atoms with Crippen molar-refractivity contribution in [1.82, 2.24) is 4.98 Å². The quantitative estimate of drug-likeness (QED) is 0.628. The van der Waals surface area contributed by atoms with E-state index in [1.165, 1.54) is 5.56 Å². The standard InChI is InChI=1S/C17H23N3O/c1-4-17(2,3)13-8-10-15(11-9-13)21-12-14-6-5-7-16(19-14)20-18/h5-11H,4,12,18H2,1-3H3,(H,19,20). The smallest absolute Gasteiger partial charge is 0.140 e. The molecular weight excluding hydrogens is 262 g/mol. The molecule has 0 amide bonds. The Morgan fingerprint density at radius 1 is 1.14 bits per heavy atom. The number of hydrazine groups is 1. The Morgan fingerprint density at radius 2 is 1.86 bits per heavy atom. The lowest BCUT2D eigenvalue weighted by molar-refractivity contribution is 0.301. The van der Waals surface area contributed by atoms with Crippen molar-refractivity contribution in [3.63, 3.8) is 0 Å².